The van der Waals surface area contributed by atoms with Gasteiger partial charge in [0, 0.05) is 26.1 Å². The molecule has 0 aromatic rings. The van der Waals surface area contributed by atoms with E-state index in [2.05, 4.69) is 5.32 Å². The average Bonchev–Trinajstić information content (AvgIpc) is 2.81. The SMILES string of the molecule is O=C1CC2(CCN(C(=O)C3COCCO3)CC2)CN1. The predicted octanol–water partition coefficient (Wildman–Crippen LogP) is -0.469. The van der Waals surface area contributed by atoms with Gasteiger partial charge in [0.1, 0.15) is 0 Å². The predicted molar refractivity (Wildman–Crippen MR) is 66.4 cm³/mol. The molecule has 3 aliphatic rings. The third-order valence-corrected chi connectivity index (χ3v) is 4.42. The number of hydrogen-bond donors (Lipinski definition) is 1. The maximum atomic E-state index is 12.3. The van der Waals surface area contributed by atoms with E-state index in [1.165, 1.54) is 0 Å². The Bertz CT molecular complexity index is 371. The second-order valence-corrected chi connectivity index (χ2v) is 5.71. The first-order chi connectivity index (χ1) is 9.19. The third kappa shape index (κ3) is 2.60. The zero-order valence-corrected chi connectivity index (χ0v) is 11.0. The van der Waals surface area contributed by atoms with Crippen molar-refractivity contribution in [2.75, 3.05) is 39.5 Å². The number of ether oxygens (including phenoxy) is 2. The maximum Gasteiger partial charge on any atom is 0.254 e. The Balaban J connectivity index is 1.54. The van der Waals surface area contributed by atoms with Crippen molar-refractivity contribution >= 4 is 11.8 Å². The summed E-state index contributed by atoms with van der Waals surface area (Å²) in [4.78, 5) is 25.5. The van der Waals surface area contributed by atoms with Gasteiger partial charge in [0.15, 0.2) is 6.10 Å². The van der Waals surface area contributed by atoms with Crippen molar-refractivity contribution in [3.05, 3.63) is 0 Å². The van der Waals surface area contributed by atoms with Gasteiger partial charge in [0.2, 0.25) is 5.91 Å². The van der Waals surface area contributed by atoms with Crippen LogP contribution in [0.2, 0.25) is 0 Å². The highest BCUT2D eigenvalue weighted by Gasteiger charge is 2.42. The first-order valence-electron chi connectivity index (χ1n) is 6.93. The monoisotopic (exact) mass is 268 g/mol. The standard InChI is InChI=1S/C13H20N2O4/c16-11-7-13(9-14-11)1-3-15(4-2-13)12(17)10-8-18-5-6-19-10/h10H,1-9H2,(H,14,16). The molecule has 1 unspecified atom stereocenters. The topological polar surface area (TPSA) is 67.9 Å². The van der Waals surface area contributed by atoms with Crippen LogP contribution in [0.5, 0.6) is 0 Å². The summed E-state index contributed by atoms with van der Waals surface area (Å²) in [5, 5.41) is 2.90. The van der Waals surface area contributed by atoms with Crippen molar-refractivity contribution in [2.24, 2.45) is 5.41 Å². The number of rotatable bonds is 1. The molecule has 1 N–H and O–H groups in total. The zero-order chi connectivity index (χ0) is 13.3. The number of carbonyl (C=O) groups excluding carboxylic acids is 2. The molecule has 0 aromatic heterocycles. The molecule has 3 heterocycles. The zero-order valence-electron chi connectivity index (χ0n) is 11.0. The minimum atomic E-state index is -0.439. The minimum Gasteiger partial charge on any atom is -0.376 e. The summed E-state index contributed by atoms with van der Waals surface area (Å²) in [7, 11) is 0. The molecule has 2 amide bonds. The Hall–Kier alpha value is -1.14. The summed E-state index contributed by atoms with van der Waals surface area (Å²) in [6.07, 6.45) is 1.96. The molecule has 3 saturated heterocycles. The molecular weight excluding hydrogens is 248 g/mol. The van der Waals surface area contributed by atoms with Gasteiger partial charge in [-0.25, -0.2) is 0 Å². The van der Waals surface area contributed by atoms with Crippen LogP contribution in [0.4, 0.5) is 0 Å². The van der Waals surface area contributed by atoms with Gasteiger partial charge in [-0.1, -0.05) is 0 Å². The van der Waals surface area contributed by atoms with E-state index in [1.54, 1.807) is 0 Å². The summed E-state index contributed by atoms with van der Waals surface area (Å²) in [5.41, 5.74) is 0.0811. The van der Waals surface area contributed by atoms with Crippen LogP contribution in [0, 0.1) is 5.41 Å². The molecule has 106 valence electrons. The molecule has 1 atom stereocenters. The van der Waals surface area contributed by atoms with Crippen LogP contribution in [0.3, 0.4) is 0 Å². The summed E-state index contributed by atoms with van der Waals surface area (Å²) >= 11 is 0. The minimum absolute atomic E-state index is 0.0341. The number of carbonyl (C=O) groups is 2. The number of piperidine rings is 1. The number of nitrogens with one attached hydrogen (secondary N) is 1. The highest BCUT2D eigenvalue weighted by Crippen LogP contribution is 2.37. The van der Waals surface area contributed by atoms with E-state index in [4.69, 9.17) is 9.47 Å². The Kier molecular flexibility index (Phi) is 3.45. The molecule has 6 heteroatoms. The number of amides is 2. The molecule has 0 bridgehead atoms. The van der Waals surface area contributed by atoms with Gasteiger partial charge in [0.05, 0.1) is 19.8 Å². The maximum absolute atomic E-state index is 12.3. The molecule has 0 aromatic carbocycles. The molecule has 0 radical (unpaired) electrons. The van der Waals surface area contributed by atoms with E-state index in [-0.39, 0.29) is 17.2 Å². The molecule has 1 spiro atoms. The summed E-state index contributed by atoms with van der Waals surface area (Å²) in [5.74, 6) is 0.177. The lowest BCUT2D eigenvalue weighted by Crippen LogP contribution is -2.50. The van der Waals surface area contributed by atoms with Crippen molar-refractivity contribution in [2.45, 2.75) is 25.4 Å². The third-order valence-electron chi connectivity index (χ3n) is 4.42. The Morgan fingerprint density at radius 3 is 2.68 bits per heavy atom. The van der Waals surface area contributed by atoms with Crippen molar-refractivity contribution < 1.29 is 19.1 Å². The van der Waals surface area contributed by atoms with Gasteiger partial charge < -0.3 is 19.7 Å². The number of hydrogen-bond acceptors (Lipinski definition) is 4. The summed E-state index contributed by atoms with van der Waals surface area (Å²) in [6, 6.07) is 0. The van der Waals surface area contributed by atoms with E-state index in [9.17, 15) is 9.59 Å². The molecule has 3 rings (SSSR count). The van der Waals surface area contributed by atoms with Crippen molar-refractivity contribution in [3.8, 4) is 0 Å². The van der Waals surface area contributed by atoms with Gasteiger partial charge in [-0.3, -0.25) is 9.59 Å². The molecular formula is C13H20N2O4. The van der Waals surface area contributed by atoms with E-state index in [0.29, 0.717) is 39.3 Å². The van der Waals surface area contributed by atoms with E-state index < -0.39 is 6.10 Å². The highest BCUT2D eigenvalue weighted by atomic mass is 16.6. The van der Waals surface area contributed by atoms with E-state index in [1.807, 2.05) is 4.90 Å². The fraction of sp³-hybridized carbons (Fsp3) is 0.846. The quantitative estimate of drug-likeness (QED) is 0.698. The Morgan fingerprint density at radius 2 is 2.11 bits per heavy atom. The first kappa shape index (κ1) is 12.9. The van der Waals surface area contributed by atoms with Gasteiger partial charge in [-0.15, -0.1) is 0 Å². The van der Waals surface area contributed by atoms with Crippen molar-refractivity contribution in [3.63, 3.8) is 0 Å². The van der Waals surface area contributed by atoms with E-state index >= 15 is 0 Å². The molecule has 3 aliphatic heterocycles. The lowest BCUT2D eigenvalue weighted by molar-refractivity contribution is -0.159. The Labute approximate surface area is 112 Å². The second-order valence-electron chi connectivity index (χ2n) is 5.71. The molecule has 0 saturated carbocycles. The van der Waals surface area contributed by atoms with Crippen LogP contribution in [0.25, 0.3) is 0 Å². The lowest BCUT2D eigenvalue weighted by atomic mass is 9.77. The molecule has 0 aliphatic carbocycles. The van der Waals surface area contributed by atoms with Crippen LogP contribution >= 0.6 is 0 Å². The van der Waals surface area contributed by atoms with Gasteiger partial charge in [-0.05, 0) is 18.3 Å². The number of likely N-dealkylation sites (tertiary alicyclic amines) is 1. The Morgan fingerprint density at radius 1 is 1.32 bits per heavy atom. The van der Waals surface area contributed by atoms with Crippen LogP contribution in [-0.4, -0.2) is 62.3 Å². The van der Waals surface area contributed by atoms with Gasteiger partial charge in [0.25, 0.3) is 5.91 Å². The second kappa shape index (κ2) is 5.09. The lowest BCUT2D eigenvalue weighted by Gasteiger charge is -2.39. The molecule has 19 heavy (non-hydrogen) atoms. The molecule has 6 nitrogen and oxygen atoms in total. The normalized spacial score (nSPS) is 30.4. The van der Waals surface area contributed by atoms with Crippen LogP contribution < -0.4 is 5.32 Å². The van der Waals surface area contributed by atoms with Crippen LogP contribution in [0.1, 0.15) is 19.3 Å². The fourth-order valence-corrected chi connectivity index (χ4v) is 3.14. The molecule has 3 fully saturated rings. The van der Waals surface area contributed by atoms with Gasteiger partial charge >= 0.3 is 0 Å². The average molecular weight is 268 g/mol. The fourth-order valence-electron chi connectivity index (χ4n) is 3.14. The van der Waals surface area contributed by atoms with Crippen LogP contribution in [-0.2, 0) is 19.1 Å². The van der Waals surface area contributed by atoms with Crippen molar-refractivity contribution in [1.29, 1.82) is 0 Å². The van der Waals surface area contributed by atoms with Crippen LogP contribution in [0.15, 0.2) is 0 Å². The first-order valence-corrected chi connectivity index (χ1v) is 6.93. The smallest absolute Gasteiger partial charge is 0.254 e. The highest BCUT2D eigenvalue weighted by molar-refractivity contribution is 5.82. The van der Waals surface area contributed by atoms with Crippen molar-refractivity contribution in [1.82, 2.24) is 10.2 Å². The largest absolute Gasteiger partial charge is 0.376 e. The van der Waals surface area contributed by atoms with E-state index in [0.717, 1.165) is 19.4 Å². The summed E-state index contributed by atoms with van der Waals surface area (Å²) < 4.78 is 10.7. The summed E-state index contributed by atoms with van der Waals surface area (Å²) in [6.45, 7) is 3.62. The number of nitrogens with zero attached hydrogens (tertiary/aromatic N) is 1. The van der Waals surface area contributed by atoms with Gasteiger partial charge in [-0.2, -0.15) is 0 Å².